The largest absolute Gasteiger partial charge is 0.398 e. The van der Waals surface area contributed by atoms with Gasteiger partial charge in [0, 0.05) is 44.6 Å². The van der Waals surface area contributed by atoms with E-state index in [-0.39, 0.29) is 5.82 Å². The van der Waals surface area contributed by atoms with Crippen LogP contribution in [0.15, 0.2) is 24.4 Å². The van der Waals surface area contributed by atoms with Crippen LogP contribution in [0.2, 0.25) is 0 Å². The van der Waals surface area contributed by atoms with Crippen molar-refractivity contribution in [2.24, 2.45) is 0 Å². The Kier molecular flexibility index (Phi) is 4.16. The number of nitrogen functional groups attached to an aromatic ring is 1. The number of rotatable bonds is 5. The summed E-state index contributed by atoms with van der Waals surface area (Å²) < 4.78 is 19.2. The number of hydrogen-bond acceptors (Lipinski definition) is 4. The monoisotopic (exact) mass is 263 g/mol. The molecule has 0 aliphatic heterocycles. The Balaban J connectivity index is 2.41. The summed E-state index contributed by atoms with van der Waals surface area (Å²) in [5, 5.41) is 0.775. The van der Waals surface area contributed by atoms with Crippen molar-refractivity contribution in [3.05, 3.63) is 30.2 Å². The lowest BCUT2D eigenvalue weighted by Crippen LogP contribution is -2.21. The smallest absolute Gasteiger partial charge is 0.150 e. The lowest BCUT2D eigenvalue weighted by atomic mass is 10.1. The van der Waals surface area contributed by atoms with Crippen molar-refractivity contribution in [3.63, 3.8) is 0 Å². The molecule has 5 heteroatoms. The molecule has 0 radical (unpaired) electrons. The third-order valence-corrected chi connectivity index (χ3v) is 3.08. The molecule has 1 aromatic carbocycles. The fourth-order valence-corrected chi connectivity index (χ4v) is 2.14. The van der Waals surface area contributed by atoms with Crippen LogP contribution in [0.25, 0.3) is 10.9 Å². The minimum atomic E-state index is -0.344. The number of benzene rings is 1. The number of aromatic nitrogens is 1. The summed E-state index contributed by atoms with van der Waals surface area (Å²) >= 11 is 0. The van der Waals surface area contributed by atoms with E-state index in [2.05, 4.69) is 4.98 Å². The standard InChI is InChI=1S/C14H18FN3O/c1-18(7-4-8-19-2)14-11(15)9-12(16)10-5-3-6-17-13(10)14/h3,5-6,9H,4,7-8,16H2,1-2H3. The molecule has 102 valence electrons. The molecule has 2 aromatic rings. The van der Waals surface area contributed by atoms with Gasteiger partial charge in [-0.3, -0.25) is 4.98 Å². The van der Waals surface area contributed by atoms with Crippen LogP contribution in [-0.2, 0) is 4.74 Å². The van der Waals surface area contributed by atoms with Crippen molar-refractivity contribution >= 4 is 22.3 Å². The van der Waals surface area contributed by atoms with Crippen molar-refractivity contribution in [1.29, 1.82) is 0 Å². The van der Waals surface area contributed by atoms with Gasteiger partial charge in [0.15, 0.2) is 5.82 Å². The van der Waals surface area contributed by atoms with Crippen LogP contribution in [0.3, 0.4) is 0 Å². The van der Waals surface area contributed by atoms with E-state index < -0.39 is 0 Å². The molecule has 0 saturated carbocycles. The lowest BCUT2D eigenvalue weighted by Gasteiger charge is -2.21. The topological polar surface area (TPSA) is 51.4 Å². The summed E-state index contributed by atoms with van der Waals surface area (Å²) in [4.78, 5) is 6.11. The number of fused-ring (bicyclic) bond motifs is 1. The van der Waals surface area contributed by atoms with Gasteiger partial charge in [-0.15, -0.1) is 0 Å². The van der Waals surface area contributed by atoms with Crippen molar-refractivity contribution in [3.8, 4) is 0 Å². The molecule has 0 saturated heterocycles. The highest BCUT2D eigenvalue weighted by Crippen LogP contribution is 2.31. The number of methoxy groups -OCH3 is 1. The zero-order chi connectivity index (χ0) is 13.8. The minimum Gasteiger partial charge on any atom is -0.398 e. The predicted octanol–water partition coefficient (Wildman–Crippen LogP) is 2.43. The third kappa shape index (κ3) is 2.76. The average molecular weight is 263 g/mol. The van der Waals surface area contributed by atoms with Gasteiger partial charge in [0.25, 0.3) is 0 Å². The normalized spacial score (nSPS) is 10.9. The van der Waals surface area contributed by atoms with Crippen molar-refractivity contribution < 1.29 is 9.13 Å². The van der Waals surface area contributed by atoms with Crippen molar-refractivity contribution in [2.45, 2.75) is 6.42 Å². The second-order valence-corrected chi connectivity index (χ2v) is 4.46. The number of ether oxygens (including phenoxy) is 1. The fourth-order valence-electron chi connectivity index (χ4n) is 2.14. The summed E-state index contributed by atoms with van der Waals surface area (Å²) in [6.07, 6.45) is 2.47. The highest BCUT2D eigenvalue weighted by atomic mass is 19.1. The van der Waals surface area contributed by atoms with Gasteiger partial charge in [0.05, 0.1) is 11.2 Å². The number of nitrogens with two attached hydrogens (primary N) is 1. The Hall–Kier alpha value is -1.88. The van der Waals surface area contributed by atoms with E-state index in [1.165, 1.54) is 6.07 Å². The summed E-state index contributed by atoms with van der Waals surface area (Å²) in [6.45, 7) is 1.34. The van der Waals surface area contributed by atoms with Gasteiger partial charge >= 0.3 is 0 Å². The molecule has 0 aliphatic carbocycles. The highest BCUT2D eigenvalue weighted by molar-refractivity contribution is 5.98. The van der Waals surface area contributed by atoms with Gasteiger partial charge in [-0.2, -0.15) is 0 Å². The second-order valence-electron chi connectivity index (χ2n) is 4.46. The van der Waals surface area contributed by atoms with Gasteiger partial charge in [0.2, 0.25) is 0 Å². The van der Waals surface area contributed by atoms with E-state index in [0.717, 1.165) is 11.8 Å². The first-order valence-electron chi connectivity index (χ1n) is 6.18. The van der Waals surface area contributed by atoms with E-state index in [0.29, 0.717) is 30.0 Å². The molecule has 0 aliphatic rings. The Morgan fingerprint density at radius 2 is 2.26 bits per heavy atom. The van der Waals surface area contributed by atoms with Crippen LogP contribution in [0.1, 0.15) is 6.42 Å². The molecule has 4 nitrogen and oxygen atoms in total. The van der Waals surface area contributed by atoms with E-state index in [9.17, 15) is 4.39 Å². The summed E-state index contributed by atoms with van der Waals surface area (Å²) in [5.41, 5.74) is 7.33. The molecule has 2 N–H and O–H groups in total. The molecular formula is C14H18FN3O. The van der Waals surface area contributed by atoms with E-state index >= 15 is 0 Å². The minimum absolute atomic E-state index is 0.344. The maximum atomic E-state index is 14.1. The van der Waals surface area contributed by atoms with Gasteiger partial charge in [-0.1, -0.05) is 0 Å². The number of nitrogens with zero attached hydrogens (tertiary/aromatic N) is 2. The second kappa shape index (κ2) is 5.84. The maximum Gasteiger partial charge on any atom is 0.150 e. The molecule has 0 fully saturated rings. The number of halogens is 1. The fraction of sp³-hybridized carbons (Fsp3) is 0.357. The highest BCUT2D eigenvalue weighted by Gasteiger charge is 2.15. The maximum absolute atomic E-state index is 14.1. The zero-order valence-electron chi connectivity index (χ0n) is 11.2. The first-order valence-corrected chi connectivity index (χ1v) is 6.18. The van der Waals surface area contributed by atoms with Crippen LogP contribution in [-0.4, -0.2) is 32.3 Å². The van der Waals surface area contributed by atoms with Crippen molar-refractivity contribution in [2.75, 3.05) is 37.9 Å². The van der Waals surface area contributed by atoms with E-state index in [1.807, 2.05) is 18.0 Å². The third-order valence-electron chi connectivity index (χ3n) is 3.08. The number of pyridine rings is 1. The molecule has 0 atom stereocenters. The van der Waals surface area contributed by atoms with Crippen LogP contribution in [0, 0.1) is 5.82 Å². The van der Waals surface area contributed by atoms with E-state index in [1.54, 1.807) is 19.4 Å². The first kappa shape index (κ1) is 13.5. The molecular weight excluding hydrogens is 245 g/mol. The van der Waals surface area contributed by atoms with Gasteiger partial charge in [-0.05, 0) is 24.6 Å². The Bertz CT molecular complexity index is 574. The number of anilines is 2. The average Bonchev–Trinajstić information content (AvgIpc) is 2.39. The number of hydrogen-bond donors (Lipinski definition) is 1. The van der Waals surface area contributed by atoms with Crippen LogP contribution in [0.4, 0.5) is 15.8 Å². The summed E-state index contributed by atoms with van der Waals surface area (Å²) in [6, 6.07) is 5.00. The molecule has 1 heterocycles. The zero-order valence-corrected chi connectivity index (χ0v) is 11.2. The quantitative estimate of drug-likeness (QED) is 0.665. The van der Waals surface area contributed by atoms with Crippen LogP contribution >= 0.6 is 0 Å². The summed E-state index contributed by atoms with van der Waals surface area (Å²) in [7, 11) is 3.50. The molecule has 0 spiro atoms. The van der Waals surface area contributed by atoms with Crippen LogP contribution < -0.4 is 10.6 Å². The van der Waals surface area contributed by atoms with E-state index in [4.69, 9.17) is 10.5 Å². The molecule has 2 rings (SSSR count). The summed E-state index contributed by atoms with van der Waals surface area (Å²) in [5.74, 6) is -0.344. The SMILES string of the molecule is COCCCN(C)c1c(F)cc(N)c2cccnc12. The van der Waals surface area contributed by atoms with Gasteiger partial charge in [0.1, 0.15) is 0 Å². The molecule has 0 bridgehead atoms. The van der Waals surface area contributed by atoms with Gasteiger partial charge < -0.3 is 15.4 Å². The lowest BCUT2D eigenvalue weighted by molar-refractivity contribution is 0.196. The molecule has 0 amide bonds. The Morgan fingerprint density at radius 3 is 3.00 bits per heavy atom. The predicted molar refractivity (Wildman–Crippen MR) is 75.9 cm³/mol. The van der Waals surface area contributed by atoms with Gasteiger partial charge in [-0.25, -0.2) is 4.39 Å². The first-order chi connectivity index (χ1) is 9.15. The Labute approximate surface area is 112 Å². The molecule has 0 unspecified atom stereocenters. The molecule has 19 heavy (non-hydrogen) atoms. The molecule has 1 aromatic heterocycles. The van der Waals surface area contributed by atoms with Crippen molar-refractivity contribution in [1.82, 2.24) is 4.98 Å². The van der Waals surface area contributed by atoms with Crippen LogP contribution in [0.5, 0.6) is 0 Å². The Morgan fingerprint density at radius 1 is 1.47 bits per heavy atom.